The maximum Gasteiger partial charge on any atom is 0.357 e. The van der Waals surface area contributed by atoms with E-state index in [1.165, 1.54) is 51.4 Å². The first kappa shape index (κ1) is 31.0. The van der Waals surface area contributed by atoms with E-state index in [1.807, 2.05) is 30.3 Å². The summed E-state index contributed by atoms with van der Waals surface area (Å²) in [5.74, 6) is -0.744. The van der Waals surface area contributed by atoms with Gasteiger partial charge in [-0.15, -0.1) is 0 Å². The van der Waals surface area contributed by atoms with Gasteiger partial charge in [0.05, 0.1) is 25.5 Å². The molecule has 0 saturated heterocycles. The Kier molecular flexibility index (Phi) is 12.8. The van der Waals surface area contributed by atoms with Crippen molar-refractivity contribution < 1.29 is 19.1 Å². The highest BCUT2D eigenvalue weighted by Gasteiger charge is 2.28. The fourth-order valence-corrected chi connectivity index (χ4v) is 5.26. The number of rotatable bonds is 18. The number of aromatic nitrogens is 2. The number of hydrogen-bond acceptors (Lipinski definition) is 4. The lowest BCUT2D eigenvalue weighted by Crippen LogP contribution is -2.15. The topological polar surface area (TPSA) is 77.2 Å². The number of nitrogens with zero attached hydrogens (tertiary/aromatic N) is 2. The smallest absolute Gasteiger partial charge is 0.357 e. The molecular weight excluding hydrogens is 502 g/mol. The van der Waals surface area contributed by atoms with Crippen LogP contribution in [0.15, 0.2) is 36.5 Å². The number of unbranched alkanes of at least 4 members (excludes halogenated alkanes) is 8. The molecule has 0 bridgehead atoms. The van der Waals surface area contributed by atoms with Crippen LogP contribution in [0.3, 0.4) is 0 Å². The average molecular weight is 548 g/mol. The Bertz CT molecular complexity index is 1250. The van der Waals surface area contributed by atoms with Gasteiger partial charge in [0.15, 0.2) is 5.69 Å². The highest BCUT2D eigenvalue weighted by molar-refractivity contribution is 6.05. The number of carbonyl (C=O) groups excluding carboxylic acids is 2. The second kappa shape index (κ2) is 16.5. The second-order valence-electron chi connectivity index (χ2n) is 10.5. The van der Waals surface area contributed by atoms with E-state index in [0.717, 1.165) is 31.2 Å². The number of benzene rings is 1. The van der Waals surface area contributed by atoms with Gasteiger partial charge in [0.2, 0.25) is 5.69 Å². The first-order valence-corrected chi connectivity index (χ1v) is 15.1. The van der Waals surface area contributed by atoms with Gasteiger partial charge in [-0.3, -0.25) is 0 Å². The van der Waals surface area contributed by atoms with Crippen LogP contribution >= 0.6 is 0 Å². The van der Waals surface area contributed by atoms with E-state index >= 15 is 0 Å². The number of esters is 2. The molecule has 0 aliphatic carbocycles. The van der Waals surface area contributed by atoms with Gasteiger partial charge in [-0.2, -0.15) is 0 Å². The molecule has 1 N–H and O–H groups in total. The molecule has 0 amide bonds. The number of imidazole rings is 1. The molecule has 7 heteroatoms. The molecule has 40 heavy (non-hydrogen) atoms. The molecule has 3 rings (SSSR count). The third-order valence-corrected chi connectivity index (χ3v) is 7.44. The molecule has 216 valence electrons. The Labute approximate surface area is 239 Å². The summed E-state index contributed by atoms with van der Waals surface area (Å²) in [6, 6.07) is 9.41. The largest absolute Gasteiger partial charge is 0.463 e. The Balaban J connectivity index is 1.82. The normalized spacial score (nSPS) is 11.8. The molecular formula is C33H45N3O4. The van der Waals surface area contributed by atoms with E-state index in [1.54, 1.807) is 17.5 Å². The molecule has 0 aliphatic rings. The minimum absolute atomic E-state index is 0.159. The summed E-state index contributed by atoms with van der Waals surface area (Å²) in [5.41, 5.74) is 2.29. The average Bonchev–Trinajstić information content (AvgIpc) is 3.51. The number of H-pyrrole nitrogens is 1. The minimum atomic E-state index is -0.536. The number of aromatic amines is 1. The van der Waals surface area contributed by atoms with Gasteiger partial charge in [-0.1, -0.05) is 108 Å². The number of carbonyl (C=O) groups is 2. The van der Waals surface area contributed by atoms with Crippen LogP contribution in [0.4, 0.5) is 5.69 Å². The first-order chi connectivity index (χ1) is 19.5. The van der Waals surface area contributed by atoms with E-state index in [4.69, 9.17) is 16.0 Å². The summed E-state index contributed by atoms with van der Waals surface area (Å²) >= 11 is 0. The van der Waals surface area contributed by atoms with E-state index < -0.39 is 11.9 Å². The van der Waals surface area contributed by atoms with E-state index in [9.17, 15) is 9.59 Å². The van der Waals surface area contributed by atoms with Crippen molar-refractivity contribution in [2.24, 2.45) is 5.92 Å². The summed E-state index contributed by atoms with van der Waals surface area (Å²) in [5, 5.41) is 0. The minimum Gasteiger partial charge on any atom is -0.463 e. The molecule has 0 spiro atoms. The second-order valence-corrected chi connectivity index (χ2v) is 10.5. The molecule has 0 radical (unpaired) electrons. The predicted molar refractivity (Wildman–Crippen MR) is 160 cm³/mol. The van der Waals surface area contributed by atoms with Crippen LogP contribution in [0.1, 0.15) is 119 Å². The lowest BCUT2D eigenvalue weighted by Gasteiger charge is -2.17. The van der Waals surface area contributed by atoms with Crippen molar-refractivity contribution in [1.29, 1.82) is 0 Å². The van der Waals surface area contributed by atoms with Crippen molar-refractivity contribution in [2.45, 2.75) is 97.8 Å². The zero-order valence-electron chi connectivity index (χ0n) is 24.5. The summed E-state index contributed by atoms with van der Waals surface area (Å²) in [6.45, 7) is 14.5. The summed E-state index contributed by atoms with van der Waals surface area (Å²) in [6.07, 6.45) is 15.8. The predicted octanol–water partition coefficient (Wildman–Crippen LogP) is 9.16. The van der Waals surface area contributed by atoms with Gasteiger partial charge in [-0.25, -0.2) is 14.4 Å². The number of hydrogen-bond donors (Lipinski definition) is 1. The maximum atomic E-state index is 13.5. The molecule has 1 unspecified atom stereocenters. The zero-order valence-corrected chi connectivity index (χ0v) is 24.5. The Morgan fingerprint density at radius 1 is 0.875 bits per heavy atom. The Morgan fingerprint density at radius 2 is 1.50 bits per heavy atom. The molecule has 0 saturated carbocycles. The fraction of sp³-hybridized carbons (Fsp3) is 0.545. The van der Waals surface area contributed by atoms with Crippen LogP contribution in [0, 0.1) is 12.5 Å². The fourth-order valence-electron chi connectivity index (χ4n) is 5.26. The molecule has 3 aromatic rings. The summed E-state index contributed by atoms with van der Waals surface area (Å²) < 4.78 is 12.9. The van der Waals surface area contributed by atoms with Crippen molar-refractivity contribution in [3.05, 3.63) is 59.2 Å². The molecule has 2 heterocycles. The Morgan fingerprint density at radius 3 is 2.12 bits per heavy atom. The van der Waals surface area contributed by atoms with Gasteiger partial charge < -0.3 is 18.9 Å². The van der Waals surface area contributed by atoms with Gasteiger partial charge in [0.1, 0.15) is 11.2 Å². The van der Waals surface area contributed by atoms with Crippen LogP contribution < -0.4 is 0 Å². The van der Waals surface area contributed by atoms with Crippen LogP contribution in [0.2, 0.25) is 0 Å². The van der Waals surface area contributed by atoms with Gasteiger partial charge >= 0.3 is 11.9 Å². The monoisotopic (exact) mass is 547 g/mol. The quantitative estimate of drug-likeness (QED) is 0.0978. The maximum absolute atomic E-state index is 13.5. The number of nitrogens with one attached hydrogen (secondary N) is 1. The molecule has 7 nitrogen and oxygen atoms in total. The number of fused-ring (bicyclic) bond motifs is 1. The van der Waals surface area contributed by atoms with Crippen LogP contribution in [-0.2, 0) is 9.47 Å². The van der Waals surface area contributed by atoms with Crippen molar-refractivity contribution >= 4 is 23.3 Å². The van der Waals surface area contributed by atoms with Gasteiger partial charge in [0.25, 0.3) is 0 Å². The highest BCUT2D eigenvalue weighted by atomic mass is 16.5. The molecule has 1 aromatic carbocycles. The van der Waals surface area contributed by atoms with E-state index in [0.29, 0.717) is 23.9 Å². The summed E-state index contributed by atoms with van der Waals surface area (Å²) in [7, 11) is 0. The zero-order chi connectivity index (χ0) is 28.7. The third-order valence-electron chi connectivity index (χ3n) is 7.44. The molecule has 0 aliphatic heterocycles. The lowest BCUT2D eigenvalue weighted by molar-refractivity contribution is 0.0424. The van der Waals surface area contributed by atoms with E-state index in [2.05, 4.69) is 23.7 Å². The van der Waals surface area contributed by atoms with Crippen LogP contribution in [0.5, 0.6) is 0 Å². The Hall–Kier alpha value is -3.53. The van der Waals surface area contributed by atoms with Gasteiger partial charge in [0, 0.05) is 11.8 Å². The van der Waals surface area contributed by atoms with Crippen molar-refractivity contribution in [3.63, 3.8) is 0 Å². The van der Waals surface area contributed by atoms with Crippen LogP contribution in [-0.4, -0.2) is 34.5 Å². The van der Waals surface area contributed by atoms with Crippen LogP contribution in [0.25, 0.3) is 21.7 Å². The van der Waals surface area contributed by atoms with Crippen molar-refractivity contribution in [2.75, 3.05) is 13.2 Å². The van der Waals surface area contributed by atoms with Gasteiger partial charge in [-0.05, 0) is 25.7 Å². The molecule has 0 fully saturated rings. The highest BCUT2D eigenvalue weighted by Crippen LogP contribution is 2.34. The third kappa shape index (κ3) is 8.24. The van der Waals surface area contributed by atoms with E-state index in [-0.39, 0.29) is 23.6 Å². The van der Waals surface area contributed by atoms with Crippen molar-refractivity contribution in [3.8, 4) is 11.3 Å². The molecule has 2 aromatic heterocycles. The first-order valence-electron chi connectivity index (χ1n) is 15.1. The standard InChI is InChI=1S/C33H45N3O4/c1-5-8-10-12-13-16-20-25(19-15-11-9-6-2)24-40-32(37)28-27(34-4)23-36-30(26-21-17-14-18-22-26)29(35-31(28)36)33(38)39-7-3/h14,17-18,21-23,25,35H,5-13,15-16,19-20,24H2,1-3H3. The lowest BCUT2D eigenvalue weighted by atomic mass is 9.95. The van der Waals surface area contributed by atoms with Crippen molar-refractivity contribution in [1.82, 2.24) is 9.38 Å². The number of ether oxygens (including phenoxy) is 2. The molecule has 1 atom stereocenters. The summed E-state index contributed by atoms with van der Waals surface area (Å²) in [4.78, 5) is 33.0. The SMILES string of the molecule is [C-]#[N+]c1cn2c(-c3ccccc3)c(C(=O)OCC)[nH]c2c1C(=O)OCC(CCCCCC)CCCCCCCC.